The molecule has 2 bridgehead atoms. The third-order valence-electron chi connectivity index (χ3n) is 5.67. The molecule has 1 aromatic carbocycles. The fourth-order valence-electron chi connectivity index (χ4n) is 4.33. The Morgan fingerprint density at radius 1 is 1.32 bits per heavy atom. The molecule has 1 aromatic heterocycles. The van der Waals surface area contributed by atoms with Gasteiger partial charge in [0.25, 0.3) is 0 Å². The van der Waals surface area contributed by atoms with Crippen LogP contribution in [0.4, 0.5) is 9.18 Å². The fraction of sp³-hybridized carbons (Fsp3) is 0.381. The SMILES string of the molecule is N#Cc1ncc(C2(O)CC3CCC(C2)N3C(=O)OCc2ccccc2)cc1F. The van der Waals surface area contributed by atoms with Gasteiger partial charge in [-0.05, 0) is 24.5 Å². The Bertz CT molecular complexity index is 914. The van der Waals surface area contributed by atoms with Gasteiger partial charge in [0, 0.05) is 36.7 Å². The zero-order valence-electron chi connectivity index (χ0n) is 15.2. The lowest BCUT2D eigenvalue weighted by molar-refractivity contribution is -0.0540. The third kappa shape index (κ3) is 3.32. The molecule has 2 fully saturated rings. The number of piperidine rings is 1. The Balaban J connectivity index is 1.47. The Kier molecular flexibility index (Phi) is 4.73. The predicted octanol–water partition coefficient (Wildman–Crippen LogP) is 3.24. The van der Waals surface area contributed by atoms with E-state index in [0.29, 0.717) is 5.56 Å². The summed E-state index contributed by atoms with van der Waals surface area (Å²) in [6, 6.07) is 12.0. The summed E-state index contributed by atoms with van der Waals surface area (Å²) in [5.74, 6) is -0.745. The van der Waals surface area contributed by atoms with Gasteiger partial charge in [0.05, 0.1) is 5.60 Å². The summed E-state index contributed by atoms with van der Waals surface area (Å²) in [4.78, 5) is 18.1. The Labute approximate surface area is 162 Å². The van der Waals surface area contributed by atoms with E-state index in [1.54, 1.807) is 11.0 Å². The van der Waals surface area contributed by atoms with Gasteiger partial charge in [-0.15, -0.1) is 0 Å². The molecule has 2 saturated heterocycles. The molecule has 1 amide bonds. The van der Waals surface area contributed by atoms with Crippen molar-refractivity contribution in [2.75, 3.05) is 0 Å². The number of carbonyl (C=O) groups is 1. The average Bonchev–Trinajstić information content (AvgIpc) is 2.99. The predicted molar refractivity (Wildman–Crippen MR) is 97.3 cm³/mol. The van der Waals surface area contributed by atoms with E-state index in [1.165, 1.54) is 12.3 Å². The highest BCUT2D eigenvalue weighted by molar-refractivity contribution is 5.69. The first-order valence-corrected chi connectivity index (χ1v) is 9.28. The third-order valence-corrected chi connectivity index (χ3v) is 5.67. The van der Waals surface area contributed by atoms with E-state index in [-0.39, 0.29) is 43.3 Å². The summed E-state index contributed by atoms with van der Waals surface area (Å²) in [5, 5.41) is 20.0. The fourth-order valence-corrected chi connectivity index (χ4v) is 4.33. The highest BCUT2D eigenvalue weighted by atomic mass is 19.1. The number of hydrogen-bond acceptors (Lipinski definition) is 5. The topological polar surface area (TPSA) is 86.5 Å². The minimum Gasteiger partial charge on any atom is -0.445 e. The quantitative estimate of drug-likeness (QED) is 0.882. The van der Waals surface area contributed by atoms with Gasteiger partial charge in [-0.1, -0.05) is 30.3 Å². The molecule has 0 radical (unpaired) electrons. The normalized spacial score (nSPS) is 26.0. The van der Waals surface area contributed by atoms with Gasteiger partial charge in [-0.25, -0.2) is 14.2 Å². The second-order valence-corrected chi connectivity index (χ2v) is 7.44. The number of rotatable bonds is 3. The molecule has 7 heteroatoms. The molecular weight excluding hydrogens is 361 g/mol. The molecule has 2 aliphatic heterocycles. The number of aliphatic hydroxyl groups is 1. The van der Waals surface area contributed by atoms with Crippen molar-refractivity contribution in [3.63, 3.8) is 0 Å². The highest BCUT2D eigenvalue weighted by Gasteiger charge is 2.50. The highest BCUT2D eigenvalue weighted by Crippen LogP contribution is 2.46. The molecule has 144 valence electrons. The molecule has 0 saturated carbocycles. The van der Waals surface area contributed by atoms with Crippen LogP contribution in [-0.2, 0) is 16.9 Å². The minimum atomic E-state index is -1.27. The zero-order valence-corrected chi connectivity index (χ0v) is 15.2. The smallest absolute Gasteiger partial charge is 0.410 e. The number of hydrogen-bond donors (Lipinski definition) is 1. The number of halogens is 1. The van der Waals surface area contributed by atoms with E-state index in [2.05, 4.69) is 4.98 Å². The molecule has 4 rings (SSSR count). The van der Waals surface area contributed by atoms with Gasteiger partial charge in [0.2, 0.25) is 0 Å². The Hall–Kier alpha value is -2.98. The first-order chi connectivity index (χ1) is 13.5. The van der Waals surface area contributed by atoms with Gasteiger partial charge < -0.3 is 14.7 Å². The first kappa shape index (κ1) is 18.4. The molecule has 3 heterocycles. The molecule has 2 aromatic rings. The van der Waals surface area contributed by atoms with Crippen molar-refractivity contribution < 1.29 is 19.0 Å². The van der Waals surface area contributed by atoms with Crippen LogP contribution in [0, 0.1) is 17.1 Å². The number of ether oxygens (including phenoxy) is 1. The maximum Gasteiger partial charge on any atom is 0.410 e. The van der Waals surface area contributed by atoms with E-state index in [0.717, 1.165) is 18.4 Å². The number of nitriles is 1. The van der Waals surface area contributed by atoms with Gasteiger partial charge in [-0.3, -0.25) is 0 Å². The summed E-state index contributed by atoms with van der Waals surface area (Å²) in [6.45, 7) is 0.199. The van der Waals surface area contributed by atoms with Crippen molar-refractivity contribution in [3.8, 4) is 6.07 Å². The summed E-state index contributed by atoms with van der Waals surface area (Å²) in [5.41, 5.74) is -0.310. The molecule has 2 aliphatic rings. The number of aromatic nitrogens is 1. The van der Waals surface area contributed by atoms with E-state index >= 15 is 0 Å². The van der Waals surface area contributed by atoms with Crippen molar-refractivity contribution in [1.82, 2.24) is 9.88 Å². The standard InChI is InChI=1S/C21H20FN3O3/c22-18-8-15(12-24-19(18)11-23)21(27)9-16-6-7-17(10-21)25(16)20(26)28-13-14-4-2-1-3-5-14/h1-5,8,12,16-17,27H,6-7,9-10,13H2. The summed E-state index contributed by atoms with van der Waals surface area (Å²) < 4.78 is 19.4. The summed E-state index contributed by atoms with van der Waals surface area (Å²) >= 11 is 0. The van der Waals surface area contributed by atoms with Crippen LogP contribution in [0.3, 0.4) is 0 Å². The maximum absolute atomic E-state index is 14.0. The number of benzene rings is 1. The maximum atomic E-state index is 14.0. The van der Waals surface area contributed by atoms with E-state index < -0.39 is 11.4 Å². The second-order valence-electron chi connectivity index (χ2n) is 7.44. The number of fused-ring (bicyclic) bond motifs is 2. The first-order valence-electron chi connectivity index (χ1n) is 9.28. The molecule has 6 nitrogen and oxygen atoms in total. The van der Waals surface area contributed by atoms with Crippen LogP contribution in [0.25, 0.3) is 0 Å². The molecule has 1 N–H and O–H groups in total. The van der Waals surface area contributed by atoms with Crippen LogP contribution in [0.1, 0.15) is 42.5 Å². The molecular formula is C21H20FN3O3. The van der Waals surface area contributed by atoms with Crippen molar-refractivity contribution >= 4 is 6.09 Å². The zero-order chi connectivity index (χ0) is 19.7. The lowest BCUT2D eigenvalue weighted by atomic mass is 9.81. The van der Waals surface area contributed by atoms with E-state index in [1.807, 2.05) is 30.3 Å². The van der Waals surface area contributed by atoms with Crippen LogP contribution in [-0.4, -0.2) is 33.2 Å². The van der Waals surface area contributed by atoms with Gasteiger partial charge in [0.1, 0.15) is 12.7 Å². The largest absolute Gasteiger partial charge is 0.445 e. The van der Waals surface area contributed by atoms with Crippen molar-refractivity contribution in [2.45, 2.75) is 50.0 Å². The molecule has 0 spiro atoms. The van der Waals surface area contributed by atoms with Crippen molar-refractivity contribution in [2.24, 2.45) is 0 Å². The van der Waals surface area contributed by atoms with Crippen LogP contribution in [0.5, 0.6) is 0 Å². The van der Waals surface area contributed by atoms with Gasteiger partial charge in [0.15, 0.2) is 11.5 Å². The van der Waals surface area contributed by atoms with Crippen LogP contribution in [0.2, 0.25) is 0 Å². The lowest BCUT2D eigenvalue weighted by Gasteiger charge is -2.43. The molecule has 2 atom stereocenters. The summed E-state index contributed by atoms with van der Waals surface area (Å²) in [7, 11) is 0. The van der Waals surface area contributed by atoms with Gasteiger partial charge in [-0.2, -0.15) is 5.26 Å². The minimum absolute atomic E-state index is 0.175. The molecule has 0 aliphatic carbocycles. The van der Waals surface area contributed by atoms with E-state index in [4.69, 9.17) is 10.00 Å². The number of carbonyl (C=O) groups excluding carboxylic acids is 1. The average molecular weight is 381 g/mol. The van der Waals surface area contributed by atoms with Crippen LogP contribution >= 0.6 is 0 Å². The number of amides is 1. The Morgan fingerprint density at radius 3 is 2.61 bits per heavy atom. The van der Waals surface area contributed by atoms with Crippen molar-refractivity contribution in [3.05, 3.63) is 65.2 Å². The number of nitrogens with zero attached hydrogens (tertiary/aromatic N) is 3. The van der Waals surface area contributed by atoms with Crippen LogP contribution in [0.15, 0.2) is 42.6 Å². The second kappa shape index (κ2) is 7.21. The van der Waals surface area contributed by atoms with Crippen LogP contribution < -0.4 is 0 Å². The lowest BCUT2D eigenvalue weighted by Crippen LogP contribution is -2.52. The van der Waals surface area contributed by atoms with Crippen molar-refractivity contribution in [1.29, 1.82) is 5.26 Å². The number of pyridine rings is 1. The Morgan fingerprint density at radius 2 is 2.00 bits per heavy atom. The van der Waals surface area contributed by atoms with E-state index in [9.17, 15) is 14.3 Å². The monoisotopic (exact) mass is 381 g/mol. The van der Waals surface area contributed by atoms with Gasteiger partial charge >= 0.3 is 6.09 Å². The molecule has 28 heavy (non-hydrogen) atoms. The summed E-state index contributed by atoms with van der Waals surface area (Å²) in [6.07, 6.45) is 3.07. The molecule has 2 unspecified atom stereocenters.